The Labute approximate surface area is 56.0 Å². The Morgan fingerprint density at radius 2 is 1.89 bits per heavy atom. The van der Waals surface area contributed by atoms with Crippen LogP contribution >= 0.6 is 0 Å². The van der Waals surface area contributed by atoms with E-state index in [9.17, 15) is 0 Å². The summed E-state index contributed by atoms with van der Waals surface area (Å²) >= 11 is 0. The molecule has 1 aromatic rings. The van der Waals surface area contributed by atoms with Gasteiger partial charge >= 0.3 is 0 Å². The van der Waals surface area contributed by atoms with E-state index < -0.39 is 0 Å². The molecule has 1 rings (SSSR count). The highest BCUT2D eigenvalue weighted by Gasteiger charge is 1.84. The zero-order chi connectivity index (χ0) is 6.69. The molecule has 9 heavy (non-hydrogen) atoms. The van der Waals surface area contributed by atoms with Crippen molar-refractivity contribution in [2.24, 2.45) is 0 Å². The van der Waals surface area contributed by atoms with Crippen LogP contribution < -0.4 is 0 Å². The van der Waals surface area contributed by atoms with E-state index in [1.807, 2.05) is 31.2 Å². The third-order valence-electron chi connectivity index (χ3n) is 1.18. The number of nitrogens with zero attached hydrogens (tertiary/aromatic N) is 1. The lowest BCUT2D eigenvalue weighted by atomic mass is 10.2. The van der Waals surface area contributed by atoms with Gasteiger partial charge in [0.15, 0.2) is 0 Å². The normalized spacial score (nSPS) is 8.44. The van der Waals surface area contributed by atoms with Crippen LogP contribution in [0.5, 0.6) is 0 Å². The molecule has 0 bridgehead atoms. The highest BCUT2D eigenvalue weighted by atomic mass is 14.2. The zero-order valence-corrected chi connectivity index (χ0v) is 5.26. The van der Waals surface area contributed by atoms with Gasteiger partial charge < -0.3 is 0 Å². The van der Waals surface area contributed by atoms with Gasteiger partial charge in [-0.2, -0.15) is 5.26 Å². The van der Waals surface area contributed by atoms with Gasteiger partial charge in [-0.25, -0.2) is 0 Å². The number of rotatable bonds is 0. The minimum Gasteiger partial charge on any atom is -0.192 e. The van der Waals surface area contributed by atoms with Crippen molar-refractivity contribution in [3.05, 3.63) is 35.4 Å². The SMILES string of the molecule is Cc1ccc(C#N)cc1.[3HH]. The predicted octanol–water partition coefficient (Wildman–Crippen LogP) is 2.11. The molecule has 0 atom stereocenters. The van der Waals surface area contributed by atoms with Gasteiger partial charge in [0.25, 0.3) is 0 Å². The summed E-state index contributed by atoms with van der Waals surface area (Å²) in [6.07, 6.45) is 0. The molecule has 0 fully saturated rings. The summed E-state index contributed by atoms with van der Waals surface area (Å²) in [6.45, 7) is 2.00. The third-order valence-corrected chi connectivity index (χ3v) is 1.18. The Hall–Kier alpha value is -1.29. The number of nitriles is 1. The van der Waals surface area contributed by atoms with Gasteiger partial charge in [-0.1, -0.05) is 17.7 Å². The molecule has 1 aromatic carbocycles. The van der Waals surface area contributed by atoms with E-state index in [4.69, 9.17) is 5.26 Å². The summed E-state index contributed by atoms with van der Waals surface area (Å²) in [5.41, 5.74) is 1.91. The molecule has 0 aliphatic rings. The first kappa shape index (κ1) is 5.84. The molecule has 46 valence electrons. The topological polar surface area (TPSA) is 23.8 Å². The van der Waals surface area contributed by atoms with Crippen LogP contribution in [0.4, 0.5) is 0 Å². The molecule has 0 spiro atoms. The molecular formula is C8H9N. The van der Waals surface area contributed by atoms with Crippen molar-refractivity contribution in [1.82, 2.24) is 0 Å². The highest BCUT2D eigenvalue weighted by Crippen LogP contribution is 1.99. The molecule has 0 heterocycles. The van der Waals surface area contributed by atoms with E-state index in [0.29, 0.717) is 0 Å². The quantitative estimate of drug-likeness (QED) is 0.515. The van der Waals surface area contributed by atoms with E-state index in [1.165, 1.54) is 5.56 Å². The number of benzene rings is 1. The maximum absolute atomic E-state index is 8.38. The number of hydrogen-bond donors (Lipinski definition) is 0. The van der Waals surface area contributed by atoms with Crippen LogP contribution in [0.25, 0.3) is 0 Å². The number of aryl methyl sites for hydroxylation is 1. The van der Waals surface area contributed by atoms with Gasteiger partial charge in [0.05, 0.1) is 11.6 Å². The van der Waals surface area contributed by atoms with Crippen LogP contribution in [0.1, 0.15) is 12.6 Å². The van der Waals surface area contributed by atoms with Crippen molar-refractivity contribution in [2.75, 3.05) is 0 Å². The first-order chi connectivity index (χ1) is 4.33. The van der Waals surface area contributed by atoms with Crippen LogP contribution in [0.3, 0.4) is 0 Å². The fourth-order valence-electron chi connectivity index (χ4n) is 0.628. The first-order valence-corrected chi connectivity index (χ1v) is 2.79. The van der Waals surface area contributed by atoms with E-state index in [-0.39, 0.29) is 1.43 Å². The van der Waals surface area contributed by atoms with E-state index in [1.54, 1.807) is 0 Å². The smallest absolute Gasteiger partial charge is 0.0991 e. The standard InChI is InChI=1S/C8H7N.H2/c1-7-2-4-8(6-9)5-3-7;/h2-5H,1H3;1H/i;1+2. The van der Waals surface area contributed by atoms with Crippen LogP contribution in [0.2, 0.25) is 0 Å². The second-order valence-corrected chi connectivity index (χ2v) is 1.98. The Morgan fingerprint density at radius 1 is 1.33 bits per heavy atom. The van der Waals surface area contributed by atoms with Crippen LogP contribution in [-0.4, -0.2) is 0 Å². The summed E-state index contributed by atoms with van der Waals surface area (Å²) in [6, 6.07) is 9.54. The fraction of sp³-hybridized carbons (Fsp3) is 0.125. The summed E-state index contributed by atoms with van der Waals surface area (Å²) < 4.78 is 0. The lowest BCUT2D eigenvalue weighted by molar-refractivity contribution is 1.43. The van der Waals surface area contributed by atoms with Crippen molar-refractivity contribution in [2.45, 2.75) is 6.92 Å². The number of hydrogen-bond acceptors (Lipinski definition) is 1. The van der Waals surface area contributed by atoms with E-state index in [0.717, 1.165) is 5.56 Å². The molecule has 1 nitrogen and oxygen atoms in total. The molecule has 0 amide bonds. The third kappa shape index (κ3) is 1.30. The van der Waals surface area contributed by atoms with Gasteiger partial charge in [0, 0.05) is 1.43 Å². The lowest BCUT2D eigenvalue weighted by Gasteiger charge is -1.88. The summed E-state index contributed by atoms with van der Waals surface area (Å²) in [5.74, 6) is 0. The predicted molar refractivity (Wildman–Crippen MR) is 38.0 cm³/mol. The minimum atomic E-state index is 0. The van der Waals surface area contributed by atoms with Crippen molar-refractivity contribution in [3.63, 3.8) is 0 Å². The lowest BCUT2D eigenvalue weighted by Crippen LogP contribution is -1.72. The molecule has 0 aliphatic carbocycles. The highest BCUT2D eigenvalue weighted by molar-refractivity contribution is 5.30. The molecule has 0 radical (unpaired) electrons. The maximum Gasteiger partial charge on any atom is 0.0991 e. The molecule has 0 aromatic heterocycles. The summed E-state index contributed by atoms with van der Waals surface area (Å²) in [4.78, 5) is 0. The van der Waals surface area contributed by atoms with Gasteiger partial charge in [-0.15, -0.1) is 0 Å². The van der Waals surface area contributed by atoms with Crippen LogP contribution in [0.15, 0.2) is 24.3 Å². The molecular weight excluding hydrogens is 110 g/mol. The summed E-state index contributed by atoms with van der Waals surface area (Å²) in [7, 11) is 0. The monoisotopic (exact) mass is 121 g/mol. The second kappa shape index (κ2) is 2.32. The average Bonchev–Trinajstić information content (AvgIpc) is 1.90. The Kier molecular flexibility index (Phi) is 1.51. The fourth-order valence-corrected chi connectivity index (χ4v) is 0.628. The summed E-state index contributed by atoms with van der Waals surface area (Å²) in [5, 5.41) is 8.38. The first-order valence-electron chi connectivity index (χ1n) is 2.79. The zero-order valence-electron chi connectivity index (χ0n) is 5.26. The van der Waals surface area contributed by atoms with Gasteiger partial charge in [-0.05, 0) is 19.1 Å². The molecule has 0 N–H and O–H groups in total. The van der Waals surface area contributed by atoms with Gasteiger partial charge in [0.1, 0.15) is 0 Å². The van der Waals surface area contributed by atoms with Crippen LogP contribution in [-0.2, 0) is 0 Å². The van der Waals surface area contributed by atoms with E-state index >= 15 is 0 Å². The Balaban J connectivity index is 0.000000810. The van der Waals surface area contributed by atoms with Gasteiger partial charge in [-0.3, -0.25) is 0 Å². The molecule has 0 aliphatic heterocycles. The molecule has 1 heteroatoms. The Morgan fingerprint density at radius 3 is 2.33 bits per heavy atom. The minimum absolute atomic E-state index is 0. The van der Waals surface area contributed by atoms with Crippen molar-refractivity contribution >= 4 is 0 Å². The van der Waals surface area contributed by atoms with Crippen molar-refractivity contribution < 1.29 is 1.43 Å². The second-order valence-electron chi connectivity index (χ2n) is 1.98. The molecule has 0 saturated carbocycles. The van der Waals surface area contributed by atoms with Gasteiger partial charge in [0.2, 0.25) is 0 Å². The Bertz CT molecular complexity index is 232. The maximum atomic E-state index is 8.38. The average molecular weight is 121 g/mol. The van der Waals surface area contributed by atoms with Crippen molar-refractivity contribution in [1.29, 1.82) is 5.26 Å². The van der Waals surface area contributed by atoms with E-state index in [2.05, 4.69) is 6.07 Å². The van der Waals surface area contributed by atoms with Crippen LogP contribution in [0, 0.1) is 18.3 Å². The molecule has 0 unspecified atom stereocenters. The molecule has 0 saturated heterocycles. The van der Waals surface area contributed by atoms with Crippen molar-refractivity contribution in [3.8, 4) is 6.07 Å². The largest absolute Gasteiger partial charge is 0.192 e.